The second-order valence-electron chi connectivity index (χ2n) is 10.0. The Kier molecular flexibility index (Phi) is 3.74. The molecule has 1 saturated carbocycles. The van der Waals surface area contributed by atoms with Crippen LogP contribution in [0.3, 0.4) is 0 Å². The van der Waals surface area contributed by atoms with E-state index in [1.165, 1.54) is 0 Å². The Morgan fingerprint density at radius 1 is 0.719 bits per heavy atom. The molecule has 2 nitrogen and oxygen atoms in total. The van der Waals surface area contributed by atoms with Gasteiger partial charge in [0.2, 0.25) is 0 Å². The highest BCUT2D eigenvalue weighted by Gasteiger charge is 2.77. The van der Waals surface area contributed by atoms with Crippen molar-refractivity contribution >= 4 is 11.6 Å². The summed E-state index contributed by atoms with van der Waals surface area (Å²) in [5.74, 6) is -0.506. The van der Waals surface area contributed by atoms with Gasteiger partial charge in [0.05, 0.1) is 11.3 Å². The fourth-order valence-electron chi connectivity index (χ4n) is 7.58. The number of ketones is 2. The third kappa shape index (κ3) is 1.93. The topological polar surface area (TPSA) is 34.1 Å². The number of hydrogen-bond donors (Lipinski definition) is 0. The van der Waals surface area contributed by atoms with Gasteiger partial charge in [-0.2, -0.15) is 0 Å². The Hall–Kier alpha value is -3.26. The number of rotatable bonds is 2. The quantitative estimate of drug-likeness (QED) is 0.530. The van der Waals surface area contributed by atoms with Gasteiger partial charge in [-0.1, -0.05) is 97.9 Å². The molecule has 0 aromatic heterocycles. The maximum Gasteiger partial charge on any atom is 0.163 e. The maximum absolute atomic E-state index is 14.5. The lowest BCUT2D eigenvalue weighted by molar-refractivity contribution is -0.130. The van der Waals surface area contributed by atoms with Crippen LogP contribution >= 0.6 is 0 Å². The highest BCUT2D eigenvalue weighted by Crippen LogP contribution is 2.75. The smallest absolute Gasteiger partial charge is 0.163 e. The zero-order valence-electron chi connectivity index (χ0n) is 18.6. The van der Waals surface area contributed by atoms with Crippen LogP contribution in [0.4, 0.5) is 0 Å². The summed E-state index contributed by atoms with van der Waals surface area (Å²) < 4.78 is 0. The van der Waals surface area contributed by atoms with Gasteiger partial charge in [0.15, 0.2) is 11.6 Å². The van der Waals surface area contributed by atoms with Crippen molar-refractivity contribution in [1.29, 1.82) is 0 Å². The van der Waals surface area contributed by atoms with Gasteiger partial charge in [-0.15, -0.1) is 0 Å². The van der Waals surface area contributed by atoms with E-state index in [2.05, 4.69) is 67.6 Å². The normalized spacial score (nSPS) is 34.8. The van der Waals surface area contributed by atoms with E-state index >= 15 is 0 Å². The third-order valence-electron chi connectivity index (χ3n) is 8.76. The zero-order chi connectivity index (χ0) is 22.3. The molecule has 0 unspecified atom stereocenters. The van der Waals surface area contributed by atoms with Gasteiger partial charge in [0.25, 0.3) is 0 Å². The van der Waals surface area contributed by atoms with E-state index in [9.17, 15) is 9.59 Å². The van der Waals surface area contributed by atoms with Gasteiger partial charge in [-0.05, 0) is 41.7 Å². The molecular formula is C30H26O2. The molecular weight excluding hydrogens is 392 g/mol. The van der Waals surface area contributed by atoms with Crippen LogP contribution in [0.2, 0.25) is 0 Å². The number of allylic oxidation sites excluding steroid dienone is 2. The molecule has 3 aliphatic carbocycles. The standard InChI is InChI=1S/C30H26O2/c1-19-18-30(21-14-8-5-9-15-21)23-17-11-10-16-22(23)28(2)26(25(19)31)29(30,3)24(27(28)32)20-12-6-4-7-13-20/h4-18,24,26H,1-3H3/t24-,26-,28+,29-,30-/m1/s1. The van der Waals surface area contributed by atoms with E-state index in [1.807, 2.05) is 44.2 Å². The van der Waals surface area contributed by atoms with Crippen molar-refractivity contribution in [2.45, 2.75) is 37.5 Å². The first-order chi connectivity index (χ1) is 15.4. The van der Waals surface area contributed by atoms with Crippen molar-refractivity contribution in [3.8, 4) is 0 Å². The molecule has 0 radical (unpaired) electrons. The third-order valence-corrected chi connectivity index (χ3v) is 8.76. The van der Waals surface area contributed by atoms with Crippen molar-refractivity contribution in [2.75, 3.05) is 0 Å². The summed E-state index contributed by atoms with van der Waals surface area (Å²) in [6.07, 6.45) is 2.17. The van der Waals surface area contributed by atoms with E-state index in [4.69, 9.17) is 0 Å². The lowest BCUT2D eigenvalue weighted by atomic mass is 9.41. The first-order valence-corrected chi connectivity index (χ1v) is 11.4. The average molecular weight is 419 g/mol. The Balaban J connectivity index is 1.84. The predicted molar refractivity (Wildman–Crippen MR) is 126 cm³/mol. The summed E-state index contributed by atoms with van der Waals surface area (Å²) in [6.45, 7) is 6.14. The Labute approximate surface area is 189 Å². The summed E-state index contributed by atoms with van der Waals surface area (Å²) in [7, 11) is 0. The SMILES string of the molecule is CC1=C[C@@]2(c3ccccc3)c3ccccc3[C@]3(C)C(=O)[C@@H](c4ccccc4)[C@]2(C)[C@@H]3C1=O. The van der Waals surface area contributed by atoms with Crippen LogP contribution in [0.5, 0.6) is 0 Å². The number of carbonyl (C=O) groups is 2. The predicted octanol–water partition coefficient (Wildman–Crippen LogP) is 5.76. The highest BCUT2D eigenvalue weighted by molar-refractivity contribution is 6.12. The number of fused-ring (bicyclic) bond motifs is 3. The van der Waals surface area contributed by atoms with Crippen LogP contribution in [0.15, 0.2) is 96.6 Å². The molecule has 6 rings (SSSR count). The van der Waals surface area contributed by atoms with E-state index in [0.29, 0.717) is 0 Å². The van der Waals surface area contributed by atoms with Crippen LogP contribution in [-0.4, -0.2) is 11.6 Å². The molecule has 0 heterocycles. The largest absolute Gasteiger partial charge is 0.298 e. The molecule has 0 N–H and O–H groups in total. The van der Waals surface area contributed by atoms with Crippen LogP contribution in [-0.2, 0) is 20.4 Å². The van der Waals surface area contributed by atoms with Crippen molar-refractivity contribution < 1.29 is 9.59 Å². The molecule has 32 heavy (non-hydrogen) atoms. The number of Topliss-reactive ketones (excluding diaryl/α,β-unsaturated/α-hetero) is 2. The van der Waals surface area contributed by atoms with Gasteiger partial charge >= 0.3 is 0 Å². The molecule has 0 amide bonds. The summed E-state index contributed by atoms with van der Waals surface area (Å²) in [5.41, 5.74) is 3.03. The molecule has 0 saturated heterocycles. The van der Waals surface area contributed by atoms with Gasteiger partial charge in [0, 0.05) is 16.7 Å². The molecule has 0 spiro atoms. The van der Waals surface area contributed by atoms with E-state index in [-0.39, 0.29) is 17.5 Å². The van der Waals surface area contributed by atoms with Gasteiger partial charge in [-0.3, -0.25) is 9.59 Å². The maximum atomic E-state index is 14.5. The molecule has 5 atom stereocenters. The van der Waals surface area contributed by atoms with E-state index in [0.717, 1.165) is 27.8 Å². The fraction of sp³-hybridized carbons (Fsp3) is 0.267. The molecule has 0 aliphatic heterocycles. The van der Waals surface area contributed by atoms with Crippen molar-refractivity contribution in [1.82, 2.24) is 0 Å². The second-order valence-corrected chi connectivity index (χ2v) is 10.0. The molecule has 3 aromatic carbocycles. The lowest BCUT2D eigenvalue weighted by Crippen LogP contribution is -2.60. The van der Waals surface area contributed by atoms with Crippen LogP contribution in [0.1, 0.15) is 48.9 Å². The lowest BCUT2D eigenvalue weighted by Gasteiger charge is -2.59. The Bertz CT molecular complexity index is 1300. The molecule has 1 fully saturated rings. The zero-order valence-corrected chi connectivity index (χ0v) is 18.6. The van der Waals surface area contributed by atoms with Crippen molar-refractivity contribution in [3.63, 3.8) is 0 Å². The molecule has 3 aromatic rings. The minimum atomic E-state index is -0.850. The minimum absolute atomic E-state index is 0.114. The summed E-state index contributed by atoms with van der Waals surface area (Å²) in [5, 5.41) is 0. The van der Waals surface area contributed by atoms with Crippen molar-refractivity contribution in [3.05, 3.63) is 119 Å². The van der Waals surface area contributed by atoms with Crippen molar-refractivity contribution in [2.24, 2.45) is 11.3 Å². The summed E-state index contributed by atoms with van der Waals surface area (Å²) >= 11 is 0. The van der Waals surface area contributed by atoms with E-state index in [1.54, 1.807) is 0 Å². The Morgan fingerprint density at radius 2 is 1.28 bits per heavy atom. The first kappa shape index (κ1) is 19.4. The second kappa shape index (κ2) is 6.16. The monoisotopic (exact) mass is 418 g/mol. The molecule has 3 aliphatic rings. The molecule has 4 bridgehead atoms. The van der Waals surface area contributed by atoms with Gasteiger partial charge < -0.3 is 0 Å². The number of benzene rings is 3. The van der Waals surface area contributed by atoms with Crippen LogP contribution in [0.25, 0.3) is 0 Å². The first-order valence-electron chi connectivity index (χ1n) is 11.4. The van der Waals surface area contributed by atoms with E-state index < -0.39 is 22.2 Å². The average Bonchev–Trinajstić information content (AvgIpc) is 2.98. The fourth-order valence-corrected chi connectivity index (χ4v) is 7.58. The number of carbonyl (C=O) groups excluding carboxylic acids is 2. The Morgan fingerprint density at radius 3 is 1.94 bits per heavy atom. The molecule has 158 valence electrons. The summed E-state index contributed by atoms with van der Waals surface area (Å²) in [6, 6.07) is 28.9. The molecule has 2 heteroatoms. The van der Waals surface area contributed by atoms with Crippen LogP contribution in [0, 0.1) is 11.3 Å². The minimum Gasteiger partial charge on any atom is -0.298 e. The van der Waals surface area contributed by atoms with Crippen LogP contribution < -0.4 is 0 Å². The summed E-state index contributed by atoms with van der Waals surface area (Å²) in [4.78, 5) is 28.4. The highest BCUT2D eigenvalue weighted by atomic mass is 16.1. The number of hydrogen-bond acceptors (Lipinski definition) is 2. The van der Waals surface area contributed by atoms with Gasteiger partial charge in [0.1, 0.15) is 0 Å². The van der Waals surface area contributed by atoms with Gasteiger partial charge in [-0.25, -0.2) is 0 Å².